The van der Waals surface area contributed by atoms with E-state index in [0.29, 0.717) is 12.0 Å². The van der Waals surface area contributed by atoms with Gasteiger partial charge in [-0.1, -0.05) is 13.3 Å². The minimum absolute atomic E-state index is 0.560. The fourth-order valence-electron chi connectivity index (χ4n) is 0.692. The molecule has 0 unspecified atom stereocenters. The van der Waals surface area contributed by atoms with Gasteiger partial charge in [-0.25, -0.2) is 8.78 Å². The fraction of sp³-hybridized carbons (Fsp3) is 0.750. The minimum Gasteiger partial charge on any atom is -0.243 e. The van der Waals surface area contributed by atoms with Crippen molar-refractivity contribution in [3.8, 4) is 0 Å². The largest absolute Gasteiger partial charge is 0.243 e. The zero-order valence-electron chi connectivity index (χ0n) is 6.58. The SMILES string of the molecule is CCCC/C(C)=C(/F)CF. The zero-order chi connectivity index (χ0) is 7.98. The molecule has 60 valence electrons. The molecule has 0 saturated heterocycles. The standard InChI is InChI=1S/C8H14F2/c1-3-4-5-7(2)8(10)6-9/h3-6H2,1-2H3/b8-7+. The van der Waals surface area contributed by atoms with Crippen molar-refractivity contribution < 1.29 is 8.78 Å². The summed E-state index contributed by atoms with van der Waals surface area (Å²) in [5, 5.41) is 0. The van der Waals surface area contributed by atoms with Crippen LogP contribution in [0.1, 0.15) is 33.1 Å². The average Bonchev–Trinajstić information content (AvgIpc) is 1.98. The Labute approximate surface area is 60.9 Å². The molecule has 0 spiro atoms. The summed E-state index contributed by atoms with van der Waals surface area (Å²) in [6, 6.07) is 0. The van der Waals surface area contributed by atoms with E-state index >= 15 is 0 Å². The van der Waals surface area contributed by atoms with E-state index in [1.54, 1.807) is 6.92 Å². The lowest BCUT2D eigenvalue weighted by atomic mass is 10.1. The molecule has 0 atom stereocenters. The molecule has 0 aromatic carbocycles. The number of allylic oxidation sites excluding steroid dienone is 2. The van der Waals surface area contributed by atoms with Crippen LogP contribution in [0.3, 0.4) is 0 Å². The lowest BCUT2D eigenvalue weighted by Gasteiger charge is -1.98. The third-order valence-electron chi connectivity index (χ3n) is 1.49. The Morgan fingerprint density at radius 1 is 1.40 bits per heavy atom. The second kappa shape index (κ2) is 5.39. The van der Waals surface area contributed by atoms with Gasteiger partial charge in [0.2, 0.25) is 0 Å². The first kappa shape index (κ1) is 9.60. The summed E-state index contributed by atoms with van der Waals surface area (Å²) in [6.45, 7) is 2.72. The van der Waals surface area contributed by atoms with E-state index in [1.165, 1.54) is 0 Å². The molecule has 2 heteroatoms. The van der Waals surface area contributed by atoms with E-state index in [4.69, 9.17) is 0 Å². The van der Waals surface area contributed by atoms with Crippen molar-refractivity contribution in [2.24, 2.45) is 0 Å². The Balaban J connectivity index is 3.68. The summed E-state index contributed by atoms with van der Waals surface area (Å²) >= 11 is 0. The van der Waals surface area contributed by atoms with Crippen LogP contribution in [-0.4, -0.2) is 6.67 Å². The highest BCUT2D eigenvalue weighted by molar-refractivity contribution is 5.04. The second-order valence-electron chi connectivity index (χ2n) is 2.42. The van der Waals surface area contributed by atoms with Gasteiger partial charge in [0.25, 0.3) is 0 Å². The maximum atomic E-state index is 12.4. The van der Waals surface area contributed by atoms with Crippen molar-refractivity contribution in [2.45, 2.75) is 33.1 Å². The highest BCUT2D eigenvalue weighted by atomic mass is 19.2. The molecule has 0 aromatic heterocycles. The van der Waals surface area contributed by atoms with Crippen molar-refractivity contribution in [3.05, 3.63) is 11.4 Å². The van der Waals surface area contributed by atoms with Crippen molar-refractivity contribution in [3.63, 3.8) is 0 Å². The molecule has 0 amide bonds. The van der Waals surface area contributed by atoms with Crippen molar-refractivity contribution in [2.75, 3.05) is 6.67 Å². The highest BCUT2D eigenvalue weighted by Gasteiger charge is 1.98. The molecule has 0 nitrogen and oxygen atoms in total. The van der Waals surface area contributed by atoms with Gasteiger partial charge in [-0.2, -0.15) is 0 Å². The first-order valence-corrected chi connectivity index (χ1v) is 3.62. The highest BCUT2D eigenvalue weighted by Crippen LogP contribution is 2.12. The second-order valence-corrected chi connectivity index (χ2v) is 2.42. The van der Waals surface area contributed by atoms with Crippen LogP contribution in [0.5, 0.6) is 0 Å². The average molecular weight is 148 g/mol. The fourth-order valence-corrected chi connectivity index (χ4v) is 0.692. The molecule has 0 fully saturated rings. The van der Waals surface area contributed by atoms with Crippen LogP contribution in [0.25, 0.3) is 0 Å². The van der Waals surface area contributed by atoms with Gasteiger partial charge in [-0.05, 0) is 25.3 Å². The Morgan fingerprint density at radius 3 is 2.40 bits per heavy atom. The minimum atomic E-state index is -0.949. The zero-order valence-corrected chi connectivity index (χ0v) is 6.58. The molecule has 0 saturated carbocycles. The molecule has 0 aromatic rings. The molecule has 0 heterocycles. The molecule has 0 aliphatic rings. The summed E-state index contributed by atoms with van der Waals surface area (Å²) < 4.78 is 24.0. The first-order chi connectivity index (χ1) is 4.72. The Hall–Kier alpha value is -0.400. The maximum Gasteiger partial charge on any atom is 0.141 e. The van der Waals surface area contributed by atoms with E-state index in [9.17, 15) is 8.78 Å². The lowest BCUT2D eigenvalue weighted by molar-refractivity contribution is 0.450. The summed E-state index contributed by atoms with van der Waals surface area (Å²) in [5.74, 6) is -0.589. The van der Waals surface area contributed by atoms with Crippen LogP contribution in [-0.2, 0) is 0 Å². The molecule has 0 radical (unpaired) electrons. The summed E-state index contributed by atoms with van der Waals surface area (Å²) in [7, 11) is 0. The van der Waals surface area contributed by atoms with Crippen LogP contribution in [0.2, 0.25) is 0 Å². The first-order valence-electron chi connectivity index (χ1n) is 3.62. The van der Waals surface area contributed by atoms with Gasteiger partial charge in [-0.3, -0.25) is 0 Å². The van der Waals surface area contributed by atoms with E-state index in [-0.39, 0.29) is 0 Å². The number of hydrogen-bond acceptors (Lipinski definition) is 0. The third-order valence-corrected chi connectivity index (χ3v) is 1.49. The normalized spacial score (nSPS) is 13.2. The molecule has 0 aliphatic heterocycles. The summed E-state index contributed by atoms with van der Waals surface area (Å²) in [6.07, 6.45) is 2.66. The van der Waals surface area contributed by atoms with Gasteiger partial charge in [0.15, 0.2) is 0 Å². The Morgan fingerprint density at radius 2 is 2.00 bits per heavy atom. The van der Waals surface area contributed by atoms with Crippen LogP contribution >= 0.6 is 0 Å². The molecule has 0 aliphatic carbocycles. The number of halogens is 2. The van der Waals surface area contributed by atoms with Gasteiger partial charge in [0.1, 0.15) is 12.5 Å². The summed E-state index contributed by atoms with van der Waals surface area (Å²) in [4.78, 5) is 0. The van der Waals surface area contributed by atoms with Crippen LogP contribution in [0, 0.1) is 0 Å². The number of hydrogen-bond donors (Lipinski definition) is 0. The van der Waals surface area contributed by atoms with Gasteiger partial charge in [0, 0.05) is 0 Å². The van der Waals surface area contributed by atoms with Crippen molar-refractivity contribution in [1.29, 1.82) is 0 Å². The van der Waals surface area contributed by atoms with Crippen LogP contribution in [0.15, 0.2) is 11.4 Å². The predicted octanol–water partition coefficient (Wildman–Crippen LogP) is 3.39. The Bertz CT molecular complexity index is 116. The van der Waals surface area contributed by atoms with Crippen LogP contribution < -0.4 is 0 Å². The third kappa shape index (κ3) is 3.59. The van der Waals surface area contributed by atoms with E-state index in [1.807, 2.05) is 6.92 Å². The quantitative estimate of drug-likeness (QED) is 0.573. The topological polar surface area (TPSA) is 0 Å². The van der Waals surface area contributed by atoms with Crippen molar-refractivity contribution in [1.82, 2.24) is 0 Å². The number of unbranched alkanes of at least 4 members (excludes halogenated alkanes) is 1. The number of alkyl halides is 1. The monoisotopic (exact) mass is 148 g/mol. The Kier molecular flexibility index (Phi) is 5.17. The van der Waals surface area contributed by atoms with Gasteiger partial charge in [0.05, 0.1) is 0 Å². The smallest absolute Gasteiger partial charge is 0.141 e. The van der Waals surface area contributed by atoms with Gasteiger partial charge < -0.3 is 0 Å². The van der Waals surface area contributed by atoms with Crippen LogP contribution in [0.4, 0.5) is 8.78 Å². The molecular formula is C8H14F2. The van der Waals surface area contributed by atoms with E-state index < -0.39 is 12.5 Å². The lowest BCUT2D eigenvalue weighted by Crippen LogP contribution is -1.85. The maximum absolute atomic E-state index is 12.4. The number of rotatable bonds is 4. The molecule has 0 bridgehead atoms. The molecule has 0 rings (SSSR count). The molecule has 0 N–H and O–H groups in total. The van der Waals surface area contributed by atoms with Gasteiger partial charge >= 0.3 is 0 Å². The van der Waals surface area contributed by atoms with Gasteiger partial charge in [-0.15, -0.1) is 0 Å². The summed E-state index contributed by atoms with van der Waals surface area (Å²) in [5.41, 5.74) is 0.560. The molecule has 10 heavy (non-hydrogen) atoms. The predicted molar refractivity (Wildman–Crippen MR) is 39.3 cm³/mol. The van der Waals surface area contributed by atoms with E-state index in [0.717, 1.165) is 12.8 Å². The van der Waals surface area contributed by atoms with Crippen molar-refractivity contribution >= 4 is 0 Å². The van der Waals surface area contributed by atoms with E-state index in [2.05, 4.69) is 0 Å². The molecular weight excluding hydrogens is 134 g/mol.